The van der Waals surface area contributed by atoms with E-state index in [4.69, 9.17) is 9.26 Å². The van der Waals surface area contributed by atoms with E-state index in [0.29, 0.717) is 19.0 Å². The minimum Gasteiger partial charge on any atom is -0.441 e. The number of amides is 1. The molecule has 0 aliphatic carbocycles. The smallest absolute Gasteiger partial charge is 0.407 e. The van der Waals surface area contributed by atoms with E-state index in [1.54, 1.807) is 11.8 Å². The number of carbonyl (C=O) groups is 1. The van der Waals surface area contributed by atoms with Gasteiger partial charge in [-0.05, 0) is 25.6 Å². The topological polar surface area (TPSA) is 80.5 Å². The van der Waals surface area contributed by atoms with Gasteiger partial charge in [0.2, 0.25) is 5.89 Å². The number of ether oxygens (including phenoxy) is 1. The predicted molar refractivity (Wildman–Crippen MR) is 77.9 cm³/mol. The summed E-state index contributed by atoms with van der Waals surface area (Å²) in [4.78, 5) is 18.0. The van der Waals surface area contributed by atoms with Crippen LogP contribution in [-0.2, 0) is 17.0 Å². The second-order valence-corrected chi connectivity index (χ2v) is 6.46. The standard InChI is InChI=1S/C13H20N4O3S/c1-21-8-10-15-11(20-16-10)7-17-5-2-3-13(4-6-17)9-14-12(18)19-13/h2-9H2,1H3,(H,14,18)/t13-/m1/s1. The minimum absolute atomic E-state index is 0.290. The second-order valence-electron chi connectivity index (χ2n) is 5.59. The summed E-state index contributed by atoms with van der Waals surface area (Å²) in [5.41, 5.74) is -0.315. The highest BCUT2D eigenvalue weighted by Crippen LogP contribution is 2.29. The number of alkyl carbamates (subject to hydrolysis) is 1. The zero-order valence-electron chi connectivity index (χ0n) is 12.1. The van der Waals surface area contributed by atoms with Crippen LogP contribution in [0, 0.1) is 0 Å². The van der Waals surface area contributed by atoms with Gasteiger partial charge in [-0.3, -0.25) is 4.90 Å². The zero-order chi connectivity index (χ0) is 14.7. The van der Waals surface area contributed by atoms with Crippen LogP contribution in [-0.4, -0.2) is 52.6 Å². The average Bonchev–Trinajstić information content (AvgIpc) is 2.98. The van der Waals surface area contributed by atoms with Gasteiger partial charge in [-0.1, -0.05) is 5.16 Å². The van der Waals surface area contributed by atoms with Crippen LogP contribution in [0.15, 0.2) is 4.52 Å². The van der Waals surface area contributed by atoms with Gasteiger partial charge in [-0.15, -0.1) is 0 Å². The summed E-state index contributed by atoms with van der Waals surface area (Å²) in [5.74, 6) is 2.18. The van der Waals surface area contributed by atoms with Gasteiger partial charge in [0.25, 0.3) is 0 Å². The molecule has 1 spiro atoms. The fraction of sp³-hybridized carbons (Fsp3) is 0.769. The highest BCUT2D eigenvalue weighted by atomic mass is 32.2. The summed E-state index contributed by atoms with van der Waals surface area (Å²) in [6, 6.07) is 0. The molecular weight excluding hydrogens is 292 g/mol. The molecule has 2 fully saturated rings. The summed E-state index contributed by atoms with van der Waals surface area (Å²) >= 11 is 1.68. The Balaban J connectivity index is 1.56. The molecule has 8 heteroatoms. The molecule has 1 N–H and O–H groups in total. The van der Waals surface area contributed by atoms with Crippen molar-refractivity contribution in [1.82, 2.24) is 20.4 Å². The first-order chi connectivity index (χ1) is 10.2. The van der Waals surface area contributed by atoms with E-state index in [9.17, 15) is 4.79 Å². The molecule has 0 aromatic carbocycles. The first kappa shape index (κ1) is 14.6. The zero-order valence-corrected chi connectivity index (χ0v) is 12.9. The molecule has 0 saturated carbocycles. The number of nitrogens with one attached hydrogen (secondary N) is 1. The number of carbonyl (C=O) groups excluding carboxylic acids is 1. The molecule has 3 heterocycles. The van der Waals surface area contributed by atoms with Gasteiger partial charge < -0.3 is 14.6 Å². The van der Waals surface area contributed by atoms with E-state index >= 15 is 0 Å². The van der Waals surface area contributed by atoms with Gasteiger partial charge in [0, 0.05) is 13.0 Å². The minimum atomic E-state index is -0.315. The molecule has 116 valence electrons. The van der Waals surface area contributed by atoms with Crippen molar-refractivity contribution in [2.75, 3.05) is 25.9 Å². The van der Waals surface area contributed by atoms with Crippen molar-refractivity contribution in [1.29, 1.82) is 0 Å². The van der Waals surface area contributed by atoms with Gasteiger partial charge in [0.05, 0.1) is 18.8 Å². The molecule has 7 nitrogen and oxygen atoms in total. The molecule has 0 bridgehead atoms. The van der Waals surface area contributed by atoms with Gasteiger partial charge in [-0.25, -0.2) is 4.79 Å². The first-order valence-corrected chi connectivity index (χ1v) is 8.58. The van der Waals surface area contributed by atoms with Crippen LogP contribution in [0.3, 0.4) is 0 Å². The maximum absolute atomic E-state index is 11.3. The van der Waals surface area contributed by atoms with E-state index in [-0.39, 0.29) is 11.7 Å². The Bertz CT molecular complexity index is 509. The Labute approximate surface area is 127 Å². The molecule has 1 amide bonds. The maximum Gasteiger partial charge on any atom is 0.407 e. The van der Waals surface area contributed by atoms with Crippen molar-refractivity contribution >= 4 is 17.9 Å². The van der Waals surface area contributed by atoms with Crippen molar-refractivity contribution in [2.24, 2.45) is 0 Å². The maximum atomic E-state index is 11.3. The average molecular weight is 312 g/mol. The van der Waals surface area contributed by atoms with Crippen molar-refractivity contribution in [2.45, 2.75) is 37.2 Å². The Morgan fingerprint density at radius 3 is 3.10 bits per heavy atom. The van der Waals surface area contributed by atoms with E-state index in [2.05, 4.69) is 20.4 Å². The molecule has 2 aliphatic heterocycles. The third-order valence-electron chi connectivity index (χ3n) is 4.00. The molecular formula is C13H20N4O3S. The Morgan fingerprint density at radius 1 is 1.43 bits per heavy atom. The van der Waals surface area contributed by atoms with E-state index in [1.807, 2.05) is 6.26 Å². The van der Waals surface area contributed by atoms with Gasteiger partial charge in [0.15, 0.2) is 5.82 Å². The number of likely N-dealkylation sites (tertiary alicyclic amines) is 1. The number of hydrogen-bond acceptors (Lipinski definition) is 7. The lowest BCUT2D eigenvalue weighted by molar-refractivity contribution is 0.0440. The molecule has 0 unspecified atom stereocenters. The normalized spacial score (nSPS) is 26.6. The SMILES string of the molecule is CSCc1noc(CN2CCC[C@@]3(CC2)CNC(=O)O3)n1. The third kappa shape index (κ3) is 3.49. The summed E-state index contributed by atoms with van der Waals surface area (Å²) in [6.07, 6.45) is 4.48. The van der Waals surface area contributed by atoms with E-state index in [1.165, 1.54) is 0 Å². The number of hydrogen-bond donors (Lipinski definition) is 1. The predicted octanol–water partition coefficient (Wildman–Crippen LogP) is 1.40. The fourth-order valence-corrected chi connectivity index (χ4v) is 3.27. The van der Waals surface area contributed by atoms with Crippen molar-refractivity contribution in [3.8, 4) is 0 Å². The van der Waals surface area contributed by atoms with Crippen LogP contribution in [0.2, 0.25) is 0 Å². The fourth-order valence-electron chi connectivity index (χ4n) is 2.90. The van der Waals surface area contributed by atoms with E-state index < -0.39 is 0 Å². The summed E-state index contributed by atoms with van der Waals surface area (Å²) in [6.45, 7) is 3.12. The largest absolute Gasteiger partial charge is 0.441 e. The van der Waals surface area contributed by atoms with Crippen LogP contribution in [0.1, 0.15) is 31.0 Å². The quantitative estimate of drug-likeness (QED) is 0.900. The molecule has 3 rings (SSSR count). The lowest BCUT2D eigenvalue weighted by Crippen LogP contribution is -2.34. The second kappa shape index (κ2) is 6.23. The molecule has 21 heavy (non-hydrogen) atoms. The highest BCUT2D eigenvalue weighted by molar-refractivity contribution is 7.97. The van der Waals surface area contributed by atoms with Crippen LogP contribution in [0.25, 0.3) is 0 Å². The number of aromatic nitrogens is 2. The summed E-state index contributed by atoms with van der Waals surface area (Å²) in [7, 11) is 0. The van der Waals surface area contributed by atoms with Crippen LogP contribution in [0.4, 0.5) is 4.79 Å². The Morgan fingerprint density at radius 2 is 2.33 bits per heavy atom. The Hall–Kier alpha value is -1.28. The molecule has 0 radical (unpaired) electrons. The molecule has 1 aromatic heterocycles. The number of nitrogens with zero attached hydrogens (tertiary/aromatic N) is 3. The van der Waals surface area contributed by atoms with Crippen LogP contribution < -0.4 is 5.32 Å². The van der Waals surface area contributed by atoms with Gasteiger partial charge >= 0.3 is 6.09 Å². The van der Waals surface area contributed by atoms with Crippen LogP contribution in [0.5, 0.6) is 0 Å². The lowest BCUT2D eigenvalue weighted by atomic mass is 9.95. The van der Waals surface area contributed by atoms with Gasteiger partial charge in [-0.2, -0.15) is 16.7 Å². The monoisotopic (exact) mass is 312 g/mol. The van der Waals surface area contributed by atoms with E-state index in [0.717, 1.165) is 43.9 Å². The first-order valence-electron chi connectivity index (χ1n) is 7.19. The molecule has 1 aromatic rings. The molecule has 2 saturated heterocycles. The van der Waals surface area contributed by atoms with Crippen molar-refractivity contribution < 1.29 is 14.1 Å². The van der Waals surface area contributed by atoms with Crippen LogP contribution >= 0.6 is 11.8 Å². The van der Waals surface area contributed by atoms with Crippen molar-refractivity contribution in [3.63, 3.8) is 0 Å². The summed E-state index contributed by atoms with van der Waals surface area (Å²) in [5, 5.41) is 6.73. The molecule has 1 atom stereocenters. The molecule has 2 aliphatic rings. The van der Waals surface area contributed by atoms with Crippen molar-refractivity contribution in [3.05, 3.63) is 11.7 Å². The van der Waals surface area contributed by atoms with Gasteiger partial charge in [0.1, 0.15) is 5.60 Å². The number of rotatable bonds is 4. The Kier molecular flexibility index (Phi) is 4.34. The third-order valence-corrected chi connectivity index (χ3v) is 4.54. The summed E-state index contributed by atoms with van der Waals surface area (Å²) < 4.78 is 10.8. The lowest BCUT2D eigenvalue weighted by Gasteiger charge is -2.24. The number of thioether (sulfide) groups is 1. The highest BCUT2D eigenvalue weighted by Gasteiger charge is 2.41.